The second-order valence-corrected chi connectivity index (χ2v) is 20.3. The van der Waals surface area contributed by atoms with E-state index in [1.165, 1.54) is 0 Å². The standard InChI is InChI=1S/C56H70Cl2N6O6/c1-39(2)59-55(65)53(63-29-25-61(26-30-63)23-7-5-6-9-33-67-45-19-21-47-49(37-69-51(47)35-45)41-11-15-43(57)16-12-41)54(56(66)60-40(3)4)64-31-27-62(28-32-64)24-8-10-34-68-46-20-22-48-50(38-70-52(48)36-46)42-13-17-44(58)18-14-42/h11-22,35-40,53-54H,5-10,23-34H2,1-4H3,(H,59,65)(H,60,66). The lowest BCUT2D eigenvalue weighted by Crippen LogP contribution is -2.68. The van der Waals surface area contributed by atoms with Crippen molar-refractivity contribution in [3.63, 3.8) is 0 Å². The van der Waals surface area contributed by atoms with Crippen molar-refractivity contribution < 1.29 is 27.9 Å². The molecule has 2 amide bonds. The van der Waals surface area contributed by atoms with Crippen molar-refractivity contribution >= 4 is 57.0 Å². The number of halogens is 2. The van der Waals surface area contributed by atoms with Crippen molar-refractivity contribution in [2.45, 2.75) is 90.4 Å². The van der Waals surface area contributed by atoms with Crippen LogP contribution in [0.2, 0.25) is 10.0 Å². The monoisotopic (exact) mass is 992 g/mol. The normalized spacial score (nSPS) is 16.3. The van der Waals surface area contributed by atoms with Crippen molar-refractivity contribution in [2.24, 2.45) is 0 Å². The summed E-state index contributed by atoms with van der Waals surface area (Å²) in [7, 11) is 0. The van der Waals surface area contributed by atoms with Crippen molar-refractivity contribution in [3.8, 4) is 33.8 Å². The summed E-state index contributed by atoms with van der Waals surface area (Å²) in [5, 5.41) is 9.89. The molecule has 2 N–H and O–H groups in total. The summed E-state index contributed by atoms with van der Waals surface area (Å²) in [6, 6.07) is 26.4. The highest BCUT2D eigenvalue weighted by atomic mass is 35.5. The lowest BCUT2D eigenvalue weighted by molar-refractivity contribution is -0.141. The highest BCUT2D eigenvalue weighted by Gasteiger charge is 2.43. The maximum Gasteiger partial charge on any atom is 0.239 e. The summed E-state index contributed by atoms with van der Waals surface area (Å²) in [6.07, 6.45) is 9.79. The van der Waals surface area contributed by atoms with Gasteiger partial charge in [0, 0.05) is 109 Å². The molecular weight excluding hydrogens is 924 g/mol. The summed E-state index contributed by atoms with van der Waals surface area (Å²) in [4.78, 5) is 37.9. The number of benzene rings is 4. The van der Waals surface area contributed by atoms with E-state index in [4.69, 9.17) is 41.5 Å². The molecule has 374 valence electrons. The van der Waals surface area contributed by atoms with Gasteiger partial charge < -0.3 is 38.7 Å². The Kier molecular flexibility index (Phi) is 18.2. The van der Waals surface area contributed by atoms with Crippen molar-refractivity contribution in [1.82, 2.24) is 30.2 Å². The van der Waals surface area contributed by atoms with Crippen molar-refractivity contribution in [3.05, 3.63) is 108 Å². The molecule has 4 aromatic carbocycles. The zero-order valence-electron chi connectivity index (χ0n) is 41.3. The number of hydrogen-bond acceptors (Lipinski definition) is 10. The van der Waals surface area contributed by atoms with E-state index in [1.807, 2.05) is 100 Å². The lowest BCUT2D eigenvalue weighted by Gasteiger charge is -2.46. The topological polar surface area (TPSA) is 116 Å². The minimum Gasteiger partial charge on any atom is -0.493 e. The molecule has 2 saturated heterocycles. The number of carbonyl (C=O) groups is 2. The average Bonchev–Trinajstić information content (AvgIpc) is 3.97. The third-order valence-corrected chi connectivity index (χ3v) is 14.0. The molecule has 12 nitrogen and oxygen atoms in total. The van der Waals surface area contributed by atoms with E-state index >= 15 is 0 Å². The first-order valence-corrected chi connectivity index (χ1v) is 26.1. The molecular formula is C56H70Cl2N6O6. The van der Waals surface area contributed by atoms with Gasteiger partial charge in [-0.05, 0) is 126 Å². The molecule has 2 aliphatic rings. The number of amides is 2. The molecule has 0 aliphatic carbocycles. The molecule has 0 radical (unpaired) electrons. The first-order valence-electron chi connectivity index (χ1n) is 25.3. The first kappa shape index (κ1) is 51.3. The van der Waals surface area contributed by atoms with Gasteiger partial charge in [-0.25, -0.2) is 0 Å². The van der Waals surface area contributed by atoms with Crippen LogP contribution in [0.1, 0.15) is 66.2 Å². The van der Waals surface area contributed by atoms with Gasteiger partial charge >= 0.3 is 0 Å². The number of piperazine rings is 2. The van der Waals surface area contributed by atoms with Crippen LogP contribution < -0.4 is 20.1 Å². The first-order chi connectivity index (χ1) is 34.0. The minimum absolute atomic E-state index is 0.0361. The Balaban J connectivity index is 0.763. The van der Waals surface area contributed by atoms with E-state index in [1.54, 1.807) is 12.5 Å². The maximum atomic E-state index is 14.2. The molecule has 0 saturated carbocycles. The van der Waals surface area contributed by atoms with Gasteiger partial charge in [0.1, 0.15) is 34.7 Å². The summed E-state index contributed by atoms with van der Waals surface area (Å²) in [5.74, 6) is 1.46. The second-order valence-electron chi connectivity index (χ2n) is 19.4. The Morgan fingerprint density at radius 3 is 1.33 bits per heavy atom. The molecule has 0 bridgehead atoms. The fourth-order valence-corrected chi connectivity index (χ4v) is 10.1. The maximum absolute atomic E-state index is 14.2. The van der Waals surface area contributed by atoms with Crippen LogP contribution in [-0.4, -0.2) is 134 Å². The highest BCUT2D eigenvalue weighted by molar-refractivity contribution is 6.31. The third-order valence-electron chi connectivity index (χ3n) is 13.5. The van der Waals surface area contributed by atoms with Crippen LogP contribution in [0.5, 0.6) is 11.5 Å². The van der Waals surface area contributed by atoms with Crippen LogP contribution in [0.4, 0.5) is 0 Å². The van der Waals surface area contributed by atoms with Crippen LogP contribution in [-0.2, 0) is 9.59 Å². The van der Waals surface area contributed by atoms with Crippen molar-refractivity contribution in [1.29, 1.82) is 0 Å². The molecule has 2 aliphatic heterocycles. The molecule has 2 unspecified atom stereocenters. The molecule has 70 heavy (non-hydrogen) atoms. The van der Waals surface area contributed by atoms with E-state index in [0.717, 1.165) is 160 Å². The fraction of sp³-hybridized carbons (Fsp3) is 0.464. The number of nitrogens with one attached hydrogen (secondary N) is 2. The van der Waals surface area contributed by atoms with Gasteiger partial charge in [0.05, 0.1) is 25.7 Å². The number of unbranched alkanes of at least 4 members (excludes halogenated alkanes) is 4. The van der Waals surface area contributed by atoms with Crippen LogP contribution in [0.25, 0.3) is 44.2 Å². The lowest BCUT2D eigenvalue weighted by atomic mass is 9.99. The summed E-state index contributed by atoms with van der Waals surface area (Å²) in [5.41, 5.74) is 5.79. The van der Waals surface area contributed by atoms with Gasteiger partial charge in [-0.15, -0.1) is 0 Å². The number of nitrogens with zero attached hydrogens (tertiary/aromatic N) is 4. The number of hydrogen-bond donors (Lipinski definition) is 2. The Morgan fingerprint density at radius 2 is 0.914 bits per heavy atom. The molecule has 0 spiro atoms. The van der Waals surface area contributed by atoms with Gasteiger partial charge in [-0.3, -0.25) is 19.4 Å². The molecule has 2 atom stereocenters. The van der Waals surface area contributed by atoms with Gasteiger partial charge in [0.15, 0.2) is 0 Å². The number of furan rings is 2. The smallest absolute Gasteiger partial charge is 0.239 e. The molecule has 2 aromatic heterocycles. The van der Waals surface area contributed by atoms with E-state index in [-0.39, 0.29) is 23.9 Å². The predicted octanol–water partition coefficient (Wildman–Crippen LogP) is 10.6. The quantitative estimate of drug-likeness (QED) is 0.0601. The summed E-state index contributed by atoms with van der Waals surface area (Å²) in [6.45, 7) is 17.5. The Labute approximate surface area is 423 Å². The zero-order valence-corrected chi connectivity index (χ0v) is 42.8. The minimum atomic E-state index is -0.591. The molecule has 8 rings (SSSR count). The summed E-state index contributed by atoms with van der Waals surface area (Å²) < 4.78 is 24.0. The van der Waals surface area contributed by atoms with E-state index in [9.17, 15) is 9.59 Å². The van der Waals surface area contributed by atoms with Gasteiger partial charge in [0.2, 0.25) is 11.8 Å². The number of ether oxygens (including phenoxy) is 2. The Hall–Kier alpha value is -5.08. The van der Waals surface area contributed by atoms with Crippen LogP contribution in [0.15, 0.2) is 106 Å². The van der Waals surface area contributed by atoms with E-state index < -0.39 is 12.1 Å². The second kappa shape index (κ2) is 24.8. The Morgan fingerprint density at radius 1 is 0.529 bits per heavy atom. The van der Waals surface area contributed by atoms with E-state index in [2.05, 4.69) is 42.4 Å². The molecule has 4 heterocycles. The number of carbonyl (C=O) groups excluding carboxylic acids is 2. The molecule has 14 heteroatoms. The number of fused-ring (bicyclic) bond motifs is 2. The van der Waals surface area contributed by atoms with E-state index in [0.29, 0.717) is 23.3 Å². The van der Waals surface area contributed by atoms with Crippen molar-refractivity contribution in [2.75, 3.05) is 78.7 Å². The van der Waals surface area contributed by atoms with Crippen LogP contribution in [0, 0.1) is 0 Å². The molecule has 2 fully saturated rings. The highest BCUT2D eigenvalue weighted by Crippen LogP contribution is 2.35. The summed E-state index contributed by atoms with van der Waals surface area (Å²) >= 11 is 12.2. The zero-order chi connectivity index (χ0) is 49.0. The SMILES string of the molecule is CC(C)NC(=O)C(C(C(=O)NC(C)C)N1CCN(CCCCOc2ccc3c(-c4ccc(Cl)cc4)coc3c2)CC1)N1CCN(CCCCCCOc2ccc3c(-c4ccc(Cl)cc4)coc3c2)CC1. The van der Waals surface area contributed by atoms with Gasteiger partial charge in [-0.1, -0.05) is 60.3 Å². The predicted molar refractivity (Wildman–Crippen MR) is 282 cm³/mol. The Bertz CT molecular complexity index is 2600. The fourth-order valence-electron chi connectivity index (χ4n) is 9.80. The van der Waals surface area contributed by atoms with Gasteiger partial charge in [-0.2, -0.15) is 0 Å². The largest absolute Gasteiger partial charge is 0.493 e. The molecule has 6 aromatic rings. The van der Waals surface area contributed by atoms with Crippen LogP contribution >= 0.6 is 23.2 Å². The van der Waals surface area contributed by atoms with Crippen LogP contribution in [0.3, 0.4) is 0 Å². The van der Waals surface area contributed by atoms with Gasteiger partial charge in [0.25, 0.3) is 0 Å². The third kappa shape index (κ3) is 13.7. The average molecular weight is 994 g/mol. The number of rotatable bonds is 23.